The molecule has 0 aliphatic rings. The Kier molecular flexibility index (Phi) is 24.8. The van der Waals surface area contributed by atoms with Crippen LogP contribution < -0.4 is 112 Å². The number of aromatic nitrogens is 3. The fourth-order valence-electron chi connectivity index (χ4n) is 3.96. The Hall–Kier alpha value is -1.90. The molecule has 0 aliphatic heterocycles. The summed E-state index contributed by atoms with van der Waals surface area (Å²) < 4.78 is 21.0. The smallest absolute Gasteiger partial charge is 0.519 e. The molecule has 9 heteroatoms. The number of hydrogen-bond acceptors (Lipinski definition) is 7. The molecule has 0 saturated carbocycles. The van der Waals surface area contributed by atoms with Crippen LogP contribution in [0.15, 0.2) is 125 Å². The van der Waals surface area contributed by atoms with Crippen molar-refractivity contribution in [2.75, 3.05) is 13.2 Å². The number of aryl methyl sites for hydroxylation is 1. The molecule has 0 aliphatic carbocycles. The maximum Gasteiger partial charge on any atom is 1.00 e. The fourth-order valence-corrected chi connectivity index (χ4v) is 3.96. The Bertz CT molecular complexity index is 1500. The number of hydrogen-bond donors (Lipinski definition) is 0. The third-order valence-corrected chi connectivity index (χ3v) is 6.77. The van der Waals surface area contributed by atoms with Gasteiger partial charge in [-0.1, -0.05) is 71.9 Å². The van der Waals surface area contributed by atoms with Gasteiger partial charge in [-0.2, -0.15) is 48.5 Å². The van der Waals surface area contributed by atoms with Crippen molar-refractivity contribution in [1.29, 1.82) is 0 Å². The summed E-state index contributed by atoms with van der Waals surface area (Å²) in [5.41, 5.74) is 2.74. The zero-order valence-electron chi connectivity index (χ0n) is 31.5. The summed E-state index contributed by atoms with van der Waals surface area (Å²) in [5, 5.41) is 6.98. The molecule has 0 bridgehead atoms. The minimum Gasteiger partial charge on any atom is -0.519 e. The molecule has 258 valence electrons. The van der Waals surface area contributed by atoms with Crippen molar-refractivity contribution < 1.29 is 121 Å². The number of rotatable bonds is 9. The first-order chi connectivity index (χ1) is 23.6. The molecular formula is C42H47K2N3O4-2. The van der Waals surface area contributed by atoms with Gasteiger partial charge >= 0.3 is 103 Å². The normalized spacial score (nSPS) is 10.2. The maximum absolute atomic E-state index is 5.59. The monoisotopic (exact) mass is 735 g/mol. The second kappa shape index (κ2) is 26.8. The van der Waals surface area contributed by atoms with Crippen LogP contribution in [0.5, 0.6) is 11.5 Å². The SMILES string of the molecule is CC(C)(C)c1c[c-]no1.CC(C)(C)c1c[c-]no1.[K+].[K+].[c-]1ccc(OCCCc2ccncc2)cc1.[c-]1ccc(OCCc2ccccc2)cc1. The molecule has 0 amide bonds. The first kappa shape index (κ1) is 47.1. The topological polar surface area (TPSA) is 83.4 Å². The van der Waals surface area contributed by atoms with E-state index in [1.54, 1.807) is 12.1 Å². The Labute approximate surface area is 390 Å². The van der Waals surface area contributed by atoms with Gasteiger partial charge in [0, 0.05) is 30.3 Å². The molecule has 0 unspecified atom stereocenters. The van der Waals surface area contributed by atoms with Crippen LogP contribution in [-0.2, 0) is 23.7 Å². The molecule has 0 saturated heterocycles. The molecule has 0 spiro atoms. The zero-order chi connectivity index (χ0) is 35.2. The fraction of sp³-hybridized carbons (Fsp3) is 0.310. The van der Waals surface area contributed by atoms with Crippen molar-refractivity contribution in [3.05, 3.63) is 163 Å². The van der Waals surface area contributed by atoms with E-state index in [0.29, 0.717) is 6.61 Å². The molecule has 7 nitrogen and oxygen atoms in total. The second-order valence-corrected chi connectivity index (χ2v) is 13.0. The van der Waals surface area contributed by atoms with Crippen molar-refractivity contribution in [3.63, 3.8) is 0 Å². The quantitative estimate of drug-likeness (QED) is 0.128. The Morgan fingerprint density at radius 1 is 0.569 bits per heavy atom. The number of pyridine rings is 1. The van der Waals surface area contributed by atoms with Crippen LogP contribution in [0, 0.1) is 24.5 Å². The summed E-state index contributed by atoms with van der Waals surface area (Å²) in [6, 6.07) is 39.0. The summed E-state index contributed by atoms with van der Waals surface area (Å²) >= 11 is 0. The molecule has 3 aromatic carbocycles. The first-order valence-corrected chi connectivity index (χ1v) is 16.4. The molecule has 6 aromatic rings. The molecule has 3 aromatic heterocycles. The van der Waals surface area contributed by atoms with Gasteiger partial charge in [-0.15, -0.1) is 36.7 Å². The third kappa shape index (κ3) is 21.4. The van der Waals surface area contributed by atoms with Gasteiger partial charge in [0.1, 0.15) is 0 Å². The molecule has 0 atom stereocenters. The number of ether oxygens (including phenoxy) is 2. The van der Waals surface area contributed by atoms with E-state index < -0.39 is 0 Å². The largest absolute Gasteiger partial charge is 1.00 e. The maximum atomic E-state index is 5.59. The predicted molar refractivity (Wildman–Crippen MR) is 192 cm³/mol. The molecular weight excluding hydrogens is 689 g/mol. The van der Waals surface area contributed by atoms with E-state index in [9.17, 15) is 0 Å². The zero-order valence-corrected chi connectivity index (χ0v) is 37.7. The van der Waals surface area contributed by atoms with E-state index in [4.69, 9.17) is 18.5 Å². The first-order valence-electron chi connectivity index (χ1n) is 16.4. The van der Waals surface area contributed by atoms with E-state index in [1.165, 1.54) is 11.1 Å². The van der Waals surface area contributed by atoms with Crippen LogP contribution in [-0.4, -0.2) is 28.5 Å². The van der Waals surface area contributed by atoms with Crippen LogP contribution in [0.25, 0.3) is 0 Å². The Balaban J connectivity index is 0.000000346. The molecule has 0 fully saturated rings. The molecule has 0 radical (unpaired) electrons. The number of benzene rings is 3. The Morgan fingerprint density at radius 3 is 1.43 bits per heavy atom. The van der Waals surface area contributed by atoms with Crippen molar-refractivity contribution in [3.8, 4) is 11.5 Å². The van der Waals surface area contributed by atoms with Crippen LogP contribution >= 0.6 is 0 Å². The van der Waals surface area contributed by atoms with Crippen LogP contribution in [0.3, 0.4) is 0 Å². The molecule has 0 N–H and O–H groups in total. The van der Waals surface area contributed by atoms with Gasteiger partial charge in [-0.25, -0.2) is 10.3 Å². The van der Waals surface area contributed by atoms with E-state index in [0.717, 1.165) is 48.9 Å². The summed E-state index contributed by atoms with van der Waals surface area (Å²) in [7, 11) is 0. The molecule has 51 heavy (non-hydrogen) atoms. The van der Waals surface area contributed by atoms with E-state index >= 15 is 0 Å². The van der Waals surface area contributed by atoms with Gasteiger partial charge in [0.05, 0.1) is 13.2 Å². The summed E-state index contributed by atoms with van der Waals surface area (Å²) in [6.07, 6.45) is 11.9. The number of nitrogens with zero attached hydrogens (tertiary/aromatic N) is 3. The average Bonchev–Trinajstić information content (AvgIpc) is 3.86. The van der Waals surface area contributed by atoms with Crippen LogP contribution in [0.1, 0.15) is 70.6 Å². The average molecular weight is 736 g/mol. The minimum atomic E-state index is 0. The predicted octanol–water partition coefficient (Wildman–Crippen LogP) is 3.55. The standard InChI is InChI=1S/C14H14NO.C14H13O.2C7H10NO.2K/c1-2-6-14(7-3-1)16-12-4-5-13-8-10-15-11-9-13;1-3-7-13(8-4-1)11-12-15-14-9-5-2-6-10-14;2*1-7(2,3)6-4-5-8-9-6;;/h2-3,6-11H,4-5,12H2;1,3-10H,11-12H2;2*4H,1-3H3;;/q4*-1;2*+1. The van der Waals surface area contributed by atoms with Gasteiger partial charge in [0.25, 0.3) is 0 Å². The molecule has 3 heterocycles. The van der Waals surface area contributed by atoms with E-state index in [2.05, 4.69) is 93.5 Å². The van der Waals surface area contributed by atoms with Crippen molar-refractivity contribution in [1.82, 2.24) is 15.3 Å². The van der Waals surface area contributed by atoms with Crippen LogP contribution in [0.4, 0.5) is 0 Å². The van der Waals surface area contributed by atoms with Crippen molar-refractivity contribution >= 4 is 0 Å². The van der Waals surface area contributed by atoms with E-state index in [1.807, 2.05) is 91.3 Å². The van der Waals surface area contributed by atoms with Gasteiger partial charge in [0.15, 0.2) is 0 Å². The van der Waals surface area contributed by atoms with Gasteiger partial charge in [-0.3, -0.25) is 4.98 Å². The second-order valence-electron chi connectivity index (χ2n) is 13.0. The minimum absolute atomic E-state index is 0. The van der Waals surface area contributed by atoms with Gasteiger partial charge in [-0.05, 0) is 58.5 Å². The van der Waals surface area contributed by atoms with Crippen molar-refractivity contribution in [2.24, 2.45) is 0 Å². The summed E-state index contributed by atoms with van der Waals surface area (Å²) in [4.78, 5) is 3.99. The van der Waals surface area contributed by atoms with Crippen molar-refractivity contribution in [2.45, 2.75) is 71.6 Å². The van der Waals surface area contributed by atoms with E-state index in [-0.39, 0.29) is 114 Å². The molecule has 6 rings (SSSR count). The summed E-state index contributed by atoms with van der Waals surface area (Å²) in [5.74, 6) is 3.57. The Morgan fingerprint density at radius 2 is 1.02 bits per heavy atom. The van der Waals surface area contributed by atoms with Gasteiger partial charge in [0.2, 0.25) is 0 Å². The van der Waals surface area contributed by atoms with Gasteiger partial charge < -0.3 is 18.5 Å². The third-order valence-electron chi connectivity index (χ3n) is 6.77. The summed E-state index contributed by atoms with van der Waals surface area (Å²) in [6.45, 7) is 13.9. The van der Waals surface area contributed by atoms with Crippen LogP contribution in [0.2, 0.25) is 0 Å².